The van der Waals surface area contributed by atoms with Gasteiger partial charge in [0, 0.05) is 17.8 Å². The van der Waals surface area contributed by atoms with E-state index < -0.39 is 5.97 Å². The van der Waals surface area contributed by atoms with E-state index in [0.717, 1.165) is 25.0 Å². The standard InChI is InChI=1S/C14H13FN2O2/c15-10-6-2-1-5-9(10)12-11-7-3-4-8-17(11)13(16-12)14(18)19/h1-2,5-6H,3-4,7-8H2,(H,18,19). The molecule has 1 N–H and O–H groups in total. The molecule has 2 heterocycles. The zero-order chi connectivity index (χ0) is 13.4. The van der Waals surface area contributed by atoms with E-state index in [9.17, 15) is 14.3 Å². The Kier molecular flexibility index (Phi) is 2.81. The second-order valence-corrected chi connectivity index (χ2v) is 4.62. The Morgan fingerprint density at radius 3 is 2.84 bits per heavy atom. The lowest BCUT2D eigenvalue weighted by atomic mass is 10.0. The van der Waals surface area contributed by atoms with Gasteiger partial charge >= 0.3 is 5.97 Å². The van der Waals surface area contributed by atoms with E-state index in [1.54, 1.807) is 22.8 Å². The quantitative estimate of drug-likeness (QED) is 0.903. The molecule has 0 fully saturated rings. The maximum absolute atomic E-state index is 13.9. The zero-order valence-corrected chi connectivity index (χ0v) is 10.3. The smallest absolute Gasteiger partial charge is 0.372 e. The number of carbonyl (C=O) groups is 1. The molecule has 1 aromatic heterocycles. The average molecular weight is 260 g/mol. The summed E-state index contributed by atoms with van der Waals surface area (Å²) in [6.07, 6.45) is 2.65. The fraction of sp³-hybridized carbons (Fsp3) is 0.286. The summed E-state index contributed by atoms with van der Waals surface area (Å²) in [7, 11) is 0. The first kappa shape index (κ1) is 11.9. The van der Waals surface area contributed by atoms with Crippen molar-refractivity contribution in [3.05, 3.63) is 41.6 Å². The van der Waals surface area contributed by atoms with Crippen molar-refractivity contribution in [3.63, 3.8) is 0 Å². The second-order valence-electron chi connectivity index (χ2n) is 4.62. The lowest BCUT2D eigenvalue weighted by Gasteiger charge is -2.16. The van der Waals surface area contributed by atoms with Crippen molar-refractivity contribution in [2.45, 2.75) is 25.8 Å². The van der Waals surface area contributed by atoms with E-state index in [2.05, 4.69) is 4.98 Å². The van der Waals surface area contributed by atoms with E-state index in [4.69, 9.17) is 0 Å². The largest absolute Gasteiger partial charge is 0.475 e. The number of halogens is 1. The molecule has 0 spiro atoms. The molecule has 19 heavy (non-hydrogen) atoms. The molecule has 0 aliphatic carbocycles. The highest BCUT2D eigenvalue weighted by Crippen LogP contribution is 2.30. The first-order valence-electron chi connectivity index (χ1n) is 6.26. The summed E-state index contributed by atoms with van der Waals surface area (Å²) >= 11 is 0. The number of benzene rings is 1. The number of hydrogen-bond acceptors (Lipinski definition) is 2. The molecule has 1 aromatic carbocycles. The number of aromatic carboxylic acids is 1. The lowest BCUT2D eigenvalue weighted by Crippen LogP contribution is -2.16. The highest BCUT2D eigenvalue weighted by Gasteiger charge is 2.25. The number of rotatable bonds is 2. The number of carboxylic acid groups (broad SMARTS) is 1. The van der Waals surface area contributed by atoms with Crippen LogP contribution in [0.2, 0.25) is 0 Å². The van der Waals surface area contributed by atoms with E-state index >= 15 is 0 Å². The van der Waals surface area contributed by atoms with Crippen LogP contribution in [-0.2, 0) is 13.0 Å². The van der Waals surface area contributed by atoms with E-state index in [1.165, 1.54) is 6.07 Å². The van der Waals surface area contributed by atoms with Gasteiger partial charge in [-0.2, -0.15) is 0 Å². The van der Waals surface area contributed by atoms with Crippen LogP contribution in [0.1, 0.15) is 29.2 Å². The van der Waals surface area contributed by atoms with Gasteiger partial charge in [-0.05, 0) is 31.4 Å². The second kappa shape index (κ2) is 4.50. The molecule has 0 saturated carbocycles. The minimum Gasteiger partial charge on any atom is -0.475 e. The van der Waals surface area contributed by atoms with Crippen molar-refractivity contribution in [1.82, 2.24) is 9.55 Å². The van der Waals surface area contributed by atoms with Gasteiger partial charge in [-0.3, -0.25) is 0 Å². The minimum atomic E-state index is -1.06. The first-order chi connectivity index (χ1) is 9.18. The summed E-state index contributed by atoms with van der Waals surface area (Å²) in [5.74, 6) is -1.43. The average Bonchev–Trinajstić information content (AvgIpc) is 2.79. The summed E-state index contributed by atoms with van der Waals surface area (Å²) in [6.45, 7) is 0.637. The number of hydrogen-bond donors (Lipinski definition) is 1. The fourth-order valence-corrected chi connectivity index (χ4v) is 2.58. The van der Waals surface area contributed by atoms with Crippen molar-refractivity contribution in [1.29, 1.82) is 0 Å². The van der Waals surface area contributed by atoms with Gasteiger partial charge in [0.1, 0.15) is 5.82 Å². The van der Waals surface area contributed by atoms with Crippen molar-refractivity contribution in [3.8, 4) is 11.3 Å². The number of imidazole rings is 1. The van der Waals surface area contributed by atoms with Crippen LogP contribution in [0.4, 0.5) is 4.39 Å². The topological polar surface area (TPSA) is 55.1 Å². The molecular weight excluding hydrogens is 247 g/mol. The molecule has 4 nitrogen and oxygen atoms in total. The Morgan fingerprint density at radius 2 is 2.11 bits per heavy atom. The summed E-state index contributed by atoms with van der Waals surface area (Å²) < 4.78 is 15.6. The summed E-state index contributed by atoms with van der Waals surface area (Å²) in [5.41, 5.74) is 1.67. The lowest BCUT2D eigenvalue weighted by molar-refractivity contribution is 0.0677. The molecule has 1 aliphatic rings. The van der Waals surface area contributed by atoms with Crippen LogP contribution in [0.5, 0.6) is 0 Å². The predicted octanol–water partition coefficient (Wildman–Crippen LogP) is 2.72. The van der Waals surface area contributed by atoms with Gasteiger partial charge in [0.2, 0.25) is 5.82 Å². The number of aromatic nitrogens is 2. The van der Waals surface area contributed by atoms with Gasteiger partial charge in [-0.25, -0.2) is 14.2 Å². The molecule has 0 bridgehead atoms. The first-order valence-corrected chi connectivity index (χ1v) is 6.26. The maximum Gasteiger partial charge on any atom is 0.372 e. The Morgan fingerprint density at radius 1 is 1.32 bits per heavy atom. The van der Waals surface area contributed by atoms with Crippen LogP contribution >= 0.6 is 0 Å². The fourth-order valence-electron chi connectivity index (χ4n) is 2.58. The third kappa shape index (κ3) is 1.91. The normalized spacial score (nSPS) is 14.2. The van der Waals surface area contributed by atoms with Crippen LogP contribution in [0.25, 0.3) is 11.3 Å². The van der Waals surface area contributed by atoms with Crippen molar-refractivity contribution in [2.75, 3.05) is 0 Å². The Hall–Kier alpha value is -2.17. The van der Waals surface area contributed by atoms with Crippen LogP contribution in [-0.4, -0.2) is 20.6 Å². The van der Waals surface area contributed by atoms with Gasteiger partial charge in [0.25, 0.3) is 0 Å². The molecule has 0 atom stereocenters. The van der Waals surface area contributed by atoms with Gasteiger partial charge in [0.15, 0.2) is 0 Å². The van der Waals surface area contributed by atoms with Crippen molar-refractivity contribution >= 4 is 5.97 Å². The molecule has 2 aromatic rings. The van der Waals surface area contributed by atoms with Crippen LogP contribution in [0.3, 0.4) is 0 Å². The highest BCUT2D eigenvalue weighted by molar-refractivity contribution is 5.85. The molecule has 5 heteroatoms. The van der Waals surface area contributed by atoms with Gasteiger partial charge in [-0.15, -0.1) is 0 Å². The third-order valence-electron chi connectivity index (χ3n) is 3.44. The SMILES string of the molecule is O=C(O)c1nc(-c2ccccc2F)c2n1CCCC2. The van der Waals surface area contributed by atoms with Gasteiger partial charge in [0.05, 0.1) is 5.69 Å². The molecule has 0 amide bonds. The Bertz CT molecular complexity index is 649. The van der Waals surface area contributed by atoms with Crippen LogP contribution in [0, 0.1) is 5.82 Å². The molecule has 0 saturated heterocycles. The van der Waals surface area contributed by atoms with Crippen molar-refractivity contribution < 1.29 is 14.3 Å². The van der Waals surface area contributed by atoms with E-state index in [1.807, 2.05) is 0 Å². The molecule has 0 radical (unpaired) electrons. The zero-order valence-electron chi connectivity index (χ0n) is 10.3. The highest BCUT2D eigenvalue weighted by atomic mass is 19.1. The Balaban J connectivity index is 2.22. The third-order valence-corrected chi connectivity index (χ3v) is 3.44. The molecule has 98 valence electrons. The molecule has 0 unspecified atom stereocenters. The molecule has 1 aliphatic heterocycles. The summed E-state index contributed by atoms with van der Waals surface area (Å²) in [5, 5.41) is 9.19. The summed E-state index contributed by atoms with van der Waals surface area (Å²) in [6, 6.07) is 6.34. The van der Waals surface area contributed by atoms with Crippen molar-refractivity contribution in [2.24, 2.45) is 0 Å². The minimum absolute atomic E-state index is 0.00736. The van der Waals surface area contributed by atoms with E-state index in [-0.39, 0.29) is 11.6 Å². The van der Waals surface area contributed by atoms with Gasteiger partial charge in [-0.1, -0.05) is 12.1 Å². The number of nitrogens with zero attached hydrogens (tertiary/aromatic N) is 2. The number of fused-ring (bicyclic) bond motifs is 1. The summed E-state index contributed by atoms with van der Waals surface area (Å²) in [4.78, 5) is 15.4. The van der Waals surface area contributed by atoms with Gasteiger partial charge < -0.3 is 9.67 Å². The Labute approximate surface area is 109 Å². The molecule has 3 rings (SSSR count). The monoisotopic (exact) mass is 260 g/mol. The van der Waals surface area contributed by atoms with Crippen LogP contribution < -0.4 is 0 Å². The predicted molar refractivity (Wildman–Crippen MR) is 67.5 cm³/mol. The number of carboxylic acids is 1. The maximum atomic E-state index is 13.9. The van der Waals surface area contributed by atoms with Crippen LogP contribution in [0.15, 0.2) is 24.3 Å². The van der Waals surface area contributed by atoms with E-state index in [0.29, 0.717) is 17.8 Å². The molecular formula is C14H13FN2O2.